The van der Waals surface area contributed by atoms with Gasteiger partial charge >= 0.3 is 7.82 Å². The van der Waals surface area contributed by atoms with Gasteiger partial charge in [0.2, 0.25) is 5.91 Å². The minimum Gasteiger partial charge on any atom is -0.352 e. The molecule has 1 amide bonds. The number of amides is 1. The fraction of sp³-hybridized carbons (Fsp3) is 0.727. The third-order valence-electron chi connectivity index (χ3n) is 2.25. The molecule has 0 aliphatic rings. The van der Waals surface area contributed by atoms with Crippen LogP contribution in [0.15, 0.2) is 12.2 Å². The van der Waals surface area contributed by atoms with Crippen LogP contribution in [0.3, 0.4) is 0 Å². The van der Waals surface area contributed by atoms with E-state index in [1.165, 1.54) is 0 Å². The lowest BCUT2D eigenvalue weighted by molar-refractivity contribution is -0.117. The van der Waals surface area contributed by atoms with Gasteiger partial charge in [-0.25, -0.2) is 4.57 Å². The lowest BCUT2D eigenvalue weighted by atomic mass is 10.1. The average Bonchev–Trinajstić information content (AvgIpc) is 2.24. The predicted molar refractivity (Wildman–Crippen MR) is 68.9 cm³/mol. The number of hydrogen-bond donors (Lipinski definition) is 3. The quantitative estimate of drug-likeness (QED) is 0.321. The maximum Gasteiger partial charge on any atom is 0.469 e. The second-order valence-electron chi connectivity index (χ2n) is 4.13. The fourth-order valence-corrected chi connectivity index (χ4v) is 1.66. The van der Waals surface area contributed by atoms with E-state index in [1.807, 2.05) is 0 Å². The Morgan fingerprint density at radius 3 is 2.33 bits per heavy atom. The largest absolute Gasteiger partial charge is 0.469 e. The second-order valence-corrected chi connectivity index (χ2v) is 5.37. The fourth-order valence-electron chi connectivity index (χ4n) is 1.29. The van der Waals surface area contributed by atoms with Gasteiger partial charge in [-0.05, 0) is 19.8 Å². The topological polar surface area (TPSA) is 95.9 Å². The third kappa shape index (κ3) is 11.8. The van der Waals surface area contributed by atoms with Gasteiger partial charge < -0.3 is 15.1 Å². The number of hydrogen-bond acceptors (Lipinski definition) is 3. The molecule has 0 spiro atoms. The van der Waals surface area contributed by atoms with E-state index in [0.717, 1.165) is 25.7 Å². The first kappa shape index (κ1) is 17.3. The van der Waals surface area contributed by atoms with Crippen LogP contribution in [0.1, 0.15) is 39.0 Å². The van der Waals surface area contributed by atoms with Crippen LogP contribution in [0.4, 0.5) is 0 Å². The highest BCUT2D eigenvalue weighted by molar-refractivity contribution is 7.46. The molecule has 0 aromatic heterocycles. The molecule has 0 fully saturated rings. The summed E-state index contributed by atoms with van der Waals surface area (Å²) >= 11 is 0. The molecule has 3 N–H and O–H groups in total. The van der Waals surface area contributed by atoms with Crippen molar-refractivity contribution in [3.05, 3.63) is 12.2 Å². The zero-order valence-corrected chi connectivity index (χ0v) is 11.6. The number of phosphoric acid groups is 1. The van der Waals surface area contributed by atoms with E-state index in [9.17, 15) is 9.36 Å². The molecule has 0 rings (SSSR count). The van der Waals surface area contributed by atoms with Gasteiger partial charge in [-0.1, -0.05) is 25.8 Å². The first-order valence-corrected chi connectivity index (χ1v) is 7.50. The van der Waals surface area contributed by atoms with E-state index in [1.54, 1.807) is 6.92 Å². The molecular formula is C11H22NO5P. The van der Waals surface area contributed by atoms with Crippen molar-refractivity contribution in [3.63, 3.8) is 0 Å². The molecular weight excluding hydrogens is 257 g/mol. The summed E-state index contributed by atoms with van der Waals surface area (Å²) < 4.78 is 14.7. The third-order valence-corrected chi connectivity index (χ3v) is 2.77. The molecule has 7 heteroatoms. The van der Waals surface area contributed by atoms with E-state index >= 15 is 0 Å². The maximum atomic E-state index is 11.1. The number of phosphoric ester groups is 1. The van der Waals surface area contributed by atoms with Crippen molar-refractivity contribution in [3.8, 4) is 0 Å². The van der Waals surface area contributed by atoms with Gasteiger partial charge in [0.1, 0.15) is 0 Å². The zero-order valence-electron chi connectivity index (χ0n) is 10.7. The van der Waals surface area contributed by atoms with Crippen LogP contribution in [-0.4, -0.2) is 28.8 Å². The average molecular weight is 279 g/mol. The van der Waals surface area contributed by atoms with Crippen LogP contribution in [0, 0.1) is 0 Å². The van der Waals surface area contributed by atoms with Crippen LogP contribution >= 0.6 is 7.82 Å². The Morgan fingerprint density at radius 2 is 1.78 bits per heavy atom. The molecule has 0 radical (unpaired) electrons. The summed E-state index contributed by atoms with van der Waals surface area (Å²) in [7, 11) is -4.31. The summed E-state index contributed by atoms with van der Waals surface area (Å²) in [5, 5.41) is 2.74. The van der Waals surface area contributed by atoms with Gasteiger partial charge in [0.25, 0.3) is 0 Å². The smallest absolute Gasteiger partial charge is 0.352 e. The summed E-state index contributed by atoms with van der Waals surface area (Å²) in [5.74, 6) is -0.120. The summed E-state index contributed by atoms with van der Waals surface area (Å²) in [6.45, 7) is 5.91. The van der Waals surface area contributed by atoms with Gasteiger partial charge in [0.15, 0.2) is 0 Å². The molecule has 0 saturated carbocycles. The van der Waals surface area contributed by atoms with E-state index in [4.69, 9.17) is 9.79 Å². The highest BCUT2D eigenvalue weighted by Crippen LogP contribution is 2.35. The van der Waals surface area contributed by atoms with Crippen LogP contribution in [0.2, 0.25) is 0 Å². The SMILES string of the molecule is C=C(C)C(=O)NCCCCCCCOP(=O)(O)O. The number of carbonyl (C=O) groups is 1. The van der Waals surface area contributed by atoms with Gasteiger partial charge in [-0.15, -0.1) is 0 Å². The molecule has 0 atom stereocenters. The van der Waals surface area contributed by atoms with Gasteiger partial charge in [0.05, 0.1) is 6.61 Å². The molecule has 0 unspecified atom stereocenters. The normalized spacial score (nSPS) is 11.3. The highest BCUT2D eigenvalue weighted by atomic mass is 31.2. The number of nitrogens with one attached hydrogen (secondary N) is 1. The maximum absolute atomic E-state index is 11.1. The van der Waals surface area contributed by atoms with Gasteiger partial charge in [-0.2, -0.15) is 0 Å². The number of unbranched alkanes of at least 4 members (excludes halogenated alkanes) is 4. The highest BCUT2D eigenvalue weighted by Gasteiger charge is 2.12. The molecule has 0 aromatic carbocycles. The molecule has 0 bridgehead atoms. The van der Waals surface area contributed by atoms with Crippen LogP contribution in [-0.2, 0) is 13.9 Å². The van der Waals surface area contributed by atoms with Crippen LogP contribution in [0.25, 0.3) is 0 Å². The van der Waals surface area contributed by atoms with Crippen molar-refractivity contribution in [2.24, 2.45) is 0 Å². The Balaban J connectivity index is 3.24. The Bertz CT molecular complexity index is 313. The summed E-state index contributed by atoms with van der Waals surface area (Å²) in [6, 6.07) is 0. The van der Waals surface area contributed by atoms with Crippen LogP contribution in [0.5, 0.6) is 0 Å². The van der Waals surface area contributed by atoms with Crippen molar-refractivity contribution >= 4 is 13.7 Å². The van der Waals surface area contributed by atoms with Crippen molar-refractivity contribution in [2.75, 3.05) is 13.2 Å². The van der Waals surface area contributed by atoms with Crippen molar-refractivity contribution in [2.45, 2.75) is 39.0 Å². The first-order chi connectivity index (χ1) is 8.33. The molecule has 106 valence electrons. The van der Waals surface area contributed by atoms with Crippen molar-refractivity contribution in [1.82, 2.24) is 5.32 Å². The predicted octanol–water partition coefficient (Wildman–Crippen LogP) is 1.74. The van der Waals surface area contributed by atoms with Crippen molar-refractivity contribution < 1.29 is 23.7 Å². The summed E-state index contributed by atoms with van der Waals surface area (Å²) in [6.07, 6.45) is 4.29. The van der Waals surface area contributed by atoms with Crippen LogP contribution < -0.4 is 5.32 Å². The Kier molecular flexibility index (Phi) is 8.93. The zero-order chi connectivity index (χ0) is 14.0. The minimum atomic E-state index is -4.31. The van der Waals surface area contributed by atoms with E-state index in [-0.39, 0.29) is 12.5 Å². The first-order valence-electron chi connectivity index (χ1n) is 5.97. The summed E-state index contributed by atoms with van der Waals surface area (Å²) in [5.41, 5.74) is 0.504. The minimum absolute atomic E-state index is 0.0800. The molecule has 0 aromatic rings. The lowest BCUT2D eigenvalue weighted by Crippen LogP contribution is -2.24. The number of carbonyl (C=O) groups excluding carboxylic acids is 1. The second kappa shape index (κ2) is 9.28. The Labute approximate surface area is 108 Å². The molecule has 0 aliphatic heterocycles. The lowest BCUT2D eigenvalue weighted by Gasteiger charge is -2.06. The molecule has 0 saturated heterocycles. The van der Waals surface area contributed by atoms with E-state index < -0.39 is 7.82 Å². The molecule has 0 aliphatic carbocycles. The Hall–Kier alpha value is -0.680. The summed E-state index contributed by atoms with van der Waals surface area (Å²) in [4.78, 5) is 28.0. The standard InChI is InChI=1S/C11H22NO5P/c1-10(2)11(13)12-8-6-4-3-5-7-9-17-18(14,15)16/h1,3-9H2,2H3,(H,12,13)(H2,14,15,16). The Morgan fingerprint density at radius 1 is 1.22 bits per heavy atom. The van der Waals surface area contributed by atoms with Gasteiger partial charge in [-0.3, -0.25) is 9.32 Å². The number of rotatable bonds is 10. The van der Waals surface area contributed by atoms with E-state index in [2.05, 4.69) is 16.4 Å². The van der Waals surface area contributed by atoms with Gasteiger partial charge in [0, 0.05) is 12.1 Å². The molecule has 18 heavy (non-hydrogen) atoms. The molecule has 0 heterocycles. The van der Waals surface area contributed by atoms with E-state index in [0.29, 0.717) is 18.5 Å². The van der Waals surface area contributed by atoms with Crippen molar-refractivity contribution in [1.29, 1.82) is 0 Å². The monoisotopic (exact) mass is 279 g/mol. The molecule has 6 nitrogen and oxygen atoms in total.